The highest BCUT2D eigenvalue weighted by Crippen LogP contribution is 2.42. The maximum absolute atomic E-state index is 12.8. The van der Waals surface area contributed by atoms with E-state index < -0.39 is 0 Å². The van der Waals surface area contributed by atoms with Crippen molar-refractivity contribution in [2.75, 3.05) is 19.6 Å². The Hall–Kier alpha value is -1.70. The van der Waals surface area contributed by atoms with Crippen molar-refractivity contribution in [1.29, 1.82) is 0 Å². The number of halogens is 2. The zero-order valence-corrected chi connectivity index (χ0v) is 17.8. The van der Waals surface area contributed by atoms with Crippen molar-refractivity contribution in [3.05, 3.63) is 44.1 Å². The van der Waals surface area contributed by atoms with E-state index in [1.165, 1.54) is 12.3 Å². The zero-order chi connectivity index (χ0) is 19.9. The molecule has 2 fully saturated rings. The van der Waals surface area contributed by atoms with Crippen LogP contribution in [-0.2, 0) is 11.3 Å². The average molecular weight is 439 g/mol. The van der Waals surface area contributed by atoms with E-state index in [1.807, 2.05) is 17.2 Å². The summed E-state index contributed by atoms with van der Waals surface area (Å²) in [5, 5.41) is 3.60. The van der Waals surface area contributed by atoms with Crippen molar-refractivity contribution in [3.63, 3.8) is 0 Å². The molecule has 0 aliphatic carbocycles. The van der Waals surface area contributed by atoms with Gasteiger partial charge in [-0.25, -0.2) is 9.97 Å². The predicted octanol–water partition coefficient (Wildman–Crippen LogP) is 3.81. The Morgan fingerprint density at radius 2 is 2.07 bits per heavy atom. The number of rotatable bonds is 3. The average Bonchev–Trinajstić information content (AvgIpc) is 3.18. The summed E-state index contributed by atoms with van der Waals surface area (Å²) in [7, 11) is 0. The second-order valence-corrected chi connectivity index (χ2v) is 9.42. The molecule has 1 spiro atoms. The zero-order valence-electron chi connectivity index (χ0n) is 15.5. The van der Waals surface area contributed by atoms with Crippen molar-refractivity contribution in [3.8, 4) is 0 Å². The van der Waals surface area contributed by atoms with Crippen LogP contribution in [0.15, 0.2) is 17.6 Å². The molecule has 4 heterocycles. The number of hydrogen-bond acceptors (Lipinski definition) is 5. The number of hydrogen-bond donors (Lipinski definition) is 0. The van der Waals surface area contributed by atoms with Crippen LogP contribution in [0.1, 0.15) is 40.3 Å². The quantitative estimate of drug-likeness (QED) is 0.683. The Bertz CT molecular complexity index is 924. The van der Waals surface area contributed by atoms with E-state index in [-0.39, 0.29) is 22.4 Å². The van der Waals surface area contributed by atoms with Crippen LogP contribution in [0, 0.1) is 12.3 Å². The topological polar surface area (TPSA) is 66.4 Å². The second-order valence-electron chi connectivity index (χ2n) is 7.56. The van der Waals surface area contributed by atoms with Gasteiger partial charge in [0.25, 0.3) is 5.91 Å². The van der Waals surface area contributed by atoms with E-state index >= 15 is 0 Å². The van der Waals surface area contributed by atoms with Crippen LogP contribution in [0.25, 0.3) is 0 Å². The van der Waals surface area contributed by atoms with Crippen molar-refractivity contribution in [2.24, 2.45) is 5.41 Å². The Morgan fingerprint density at radius 1 is 1.32 bits per heavy atom. The highest BCUT2D eigenvalue weighted by molar-refractivity contribution is 7.09. The number of carbonyl (C=O) groups excluding carboxylic acids is 2. The lowest BCUT2D eigenvalue weighted by Crippen LogP contribution is -2.44. The fourth-order valence-corrected chi connectivity index (χ4v) is 5.11. The van der Waals surface area contributed by atoms with Gasteiger partial charge in [0.05, 0.1) is 27.8 Å². The summed E-state index contributed by atoms with van der Waals surface area (Å²) in [4.78, 5) is 37.5. The van der Waals surface area contributed by atoms with Gasteiger partial charge in [0, 0.05) is 43.0 Å². The molecule has 0 atom stereocenters. The minimum absolute atomic E-state index is 0.0546. The Kier molecular flexibility index (Phi) is 5.33. The van der Waals surface area contributed by atoms with Crippen LogP contribution in [-0.4, -0.2) is 51.2 Å². The van der Waals surface area contributed by atoms with Crippen molar-refractivity contribution in [1.82, 2.24) is 19.8 Å². The monoisotopic (exact) mass is 438 g/mol. The SMILES string of the molecule is Cc1nc(CN2CC3(CCN(C(=O)c4cnc(Cl)cc4Cl)CC3)CC2=O)cs1. The molecule has 0 bridgehead atoms. The smallest absolute Gasteiger partial charge is 0.256 e. The number of nitrogens with zero attached hydrogens (tertiary/aromatic N) is 4. The molecule has 0 N–H and O–H groups in total. The summed E-state index contributed by atoms with van der Waals surface area (Å²) in [6.07, 6.45) is 3.57. The molecule has 2 aliphatic heterocycles. The van der Waals surface area contributed by atoms with Gasteiger partial charge in [-0.2, -0.15) is 0 Å². The van der Waals surface area contributed by atoms with Crippen LogP contribution in [0.4, 0.5) is 0 Å². The first kappa shape index (κ1) is 19.6. The Morgan fingerprint density at radius 3 is 2.71 bits per heavy atom. The number of aryl methyl sites for hydroxylation is 1. The maximum Gasteiger partial charge on any atom is 0.256 e. The highest BCUT2D eigenvalue weighted by atomic mass is 35.5. The number of aromatic nitrogens is 2. The lowest BCUT2D eigenvalue weighted by atomic mass is 9.77. The fourth-order valence-electron chi connectivity index (χ4n) is 4.06. The Balaban J connectivity index is 1.39. The molecule has 2 aromatic rings. The molecule has 2 aromatic heterocycles. The van der Waals surface area contributed by atoms with Crippen molar-refractivity contribution < 1.29 is 9.59 Å². The summed E-state index contributed by atoms with van der Waals surface area (Å²) in [5.41, 5.74) is 1.26. The van der Waals surface area contributed by atoms with E-state index in [1.54, 1.807) is 16.2 Å². The summed E-state index contributed by atoms with van der Waals surface area (Å²) in [6, 6.07) is 1.48. The van der Waals surface area contributed by atoms with Gasteiger partial charge in [-0.15, -0.1) is 11.3 Å². The van der Waals surface area contributed by atoms with Gasteiger partial charge >= 0.3 is 0 Å². The summed E-state index contributed by atoms with van der Waals surface area (Å²) < 4.78 is 0. The summed E-state index contributed by atoms with van der Waals surface area (Å²) in [6.45, 7) is 4.48. The third-order valence-corrected chi connectivity index (χ3v) is 6.93. The van der Waals surface area contributed by atoms with Gasteiger partial charge in [0.15, 0.2) is 0 Å². The van der Waals surface area contributed by atoms with Gasteiger partial charge < -0.3 is 9.80 Å². The third kappa shape index (κ3) is 3.88. The number of carbonyl (C=O) groups is 2. The third-order valence-electron chi connectivity index (χ3n) is 5.59. The van der Waals surface area contributed by atoms with Crippen LogP contribution in [0.2, 0.25) is 10.2 Å². The second kappa shape index (κ2) is 7.61. The van der Waals surface area contributed by atoms with E-state index in [4.69, 9.17) is 23.2 Å². The Labute approximate surface area is 177 Å². The molecule has 0 radical (unpaired) electrons. The molecule has 2 aliphatic rings. The minimum Gasteiger partial charge on any atom is -0.339 e. The molecule has 9 heteroatoms. The maximum atomic E-state index is 12.8. The molecule has 2 saturated heterocycles. The summed E-state index contributed by atoms with van der Waals surface area (Å²) in [5.74, 6) is 0.0403. The molecular weight excluding hydrogens is 419 g/mol. The number of pyridine rings is 1. The molecule has 28 heavy (non-hydrogen) atoms. The normalized spacial score (nSPS) is 18.9. The van der Waals surface area contributed by atoms with Crippen molar-refractivity contribution in [2.45, 2.75) is 32.7 Å². The molecule has 2 amide bonds. The molecule has 0 unspecified atom stereocenters. The molecule has 0 aromatic carbocycles. The van der Waals surface area contributed by atoms with E-state index in [9.17, 15) is 9.59 Å². The van der Waals surface area contributed by atoms with E-state index in [0.29, 0.717) is 36.6 Å². The first-order chi connectivity index (χ1) is 13.3. The van der Waals surface area contributed by atoms with Crippen LogP contribution < -0.4 is 0 Å². The van der Waals surface area contributed by atoms with E-state index in [2.05, 4.69) is 9.97 Å². The predicted molar refractivity (Wildman–Crippen MR) is 109 cm³/mol. The standard InChI is InChI=1S/C19H20Cl2N4O2S/c1-12-23-13(10-28-12)9-25-11-19(7-17(25)26)2-4-24(5-3-19)18(27)14-8-22-16(21)6-15(14)20/h6,8,10H,2-5,7,9,11H2,1H3. The fraction of sp³-hybridized carbons (Fsp3) is 0.474. The van der Waals surface area contributed by atoms with Gasteiger partial charge in [-0.1, -0.05) is 23.2 Å². The van der Waals surface area contributed by atoms with Gasteiger partial charge in [0.1, 0.15) is 5.15 Å². The highest BCUT2D eigenvalue weighted by Gasteiger charge is 2.45. The number of likely N-dealkylation sites (tertiary alicyclic amines) is 2. The van der Waals surface area contributed by atoms with Crippen LogP contribution >= 0.6 is 34.5 Å². The number of piperidine rings is 1. The van der Waals surface area contributed by atoms with Gasteiger partial charge in [0.2, 0.25) is 5.91 Å². The number of thiazole rings is 1. The van der Waals surface area contributed by atoms with E-state index in [0.717, 1.165) is 30.1 Å². The summed E-state index contributed by atoms with van der Waals surface area (Å²) >= 11 is 13.6. The van der Waals surface area contributed by atoms with Crippen LogP contribution in [0.3, 0.4) is 0 Å². The lowest BCUT2D eigenvalue weighted by molar-refractivity contribution is -0.128. The molecule has 148 valence electrons. The van der Waals surface area contributed by atoms with Crippen LogP contribution in [0.5, 0.6) is 0 Å². The number of amides is 2. The molecule has 4 rings (SSSR count). The molecule has 0 saturated carbocycles. The van der Waals surface area contributed by atoms with Crippen molar-refractivity contribution >= 4 is 46.4 Å². The largest absolute Gasteiger partial charge is 0.339 e. The molecular formula is C19H20Cl2N4O2S. The molecule has 6 nitrogen and oxygen atoms in total. The first-order valence-electron chi connectivity index (χ1n) is 9.14. The minimum atomic E-state index is -0.136. The van der Waals surface area contributed by atoms with Gasteiger partial charge in [-0.3, -0.25) is 9.59 Å². The van der Waals surface area contributed by atoms with Gasteiger partial charge in [-0.05, 0) is 25.8 Å². The lowest BCUT2D eigenvalue weighted by Gasteiger charge is -2.38. The first-order valence-corrected chi connectivity index (χ1v) is 10.8.